The molecule has 0 unspecified atom stereocenters. The number of halogens is 3. The zero-order valence-corrected chi connectivity index (χ0v) is 17.3. The van der Waals surface area contributed by atoms with E-state index in [4.69, 9.17) is 0 Å². The quantitative estimate of drug-likeness (QED) is 0.461. The number of methoxy groups -OCH3 is 1. The molecule has 11 heteroatoms. The highest BCUT2D eigenvalue weighted by Gasteiger charge is 2.31. The summed E-state index contributed by atoms with van der Waals surface area (Å²) < 4.78 is 72.2. The van der Waals surface area contributed by atoms with Gasteiger partial charge in [0.2, 0.25) is 0 Å². The molecule has 0 fully saturated rings. The second-order valence-corrected chi connectivity index (χ2v) is 8.89. The average Bonchev–Trinajstić information content (AvgIpc) is 2.65. The first-order chi connectivity index (χ1) is 13.5. The van der Waals surface area contributed by atoms with Gasteiger partial charge in [0.15, 0.2) is 0 Å². The van der Waals surface area contributed by atoms with Gasteiger partial charge in [0, 0.05) is 11.4 Å². The number of benzene rings is 2. The smallest absolute Gasteiger partial charge is 0.465 e. The Morgan fingerprint density at radius 1 is 1.14 bits per heavy atom. The van der Waals surface area contributed by atoms with Crippen LogP contribution in [-0.4, -0.2) is 38.1 Å². The summed E-state index contributed by atoms with van der Waals surface area (Å²) in [6, 6.07) is 8.94. The van der Waals surface area contributed by atoms with Crippen molar-refractivity contribution in [3.05, 3.63) is 53.6 Å². The molecule has 29 heavy (non-hydrogen) atoms. The Kier molecular flexibility index (Phi) is 7.20. The normalized spacial score (nSPS) is 12.1. The summed E-state index contributed by atoms with van der Waals surface area (Å²) in [5.74, 6) is -1.07. The van der Waals surface area contributed by atoms with Gasteiger partial charge in [-0.25, -0.2) is 13.2 Å². The molecule has 6 nitrogen and oxygen atoms in total. The van der Waals surface area contributed by atoms with Gasteiger partial charge in [-0.15, -0.1) is 16.9 Å². The predicted molar refractivity (Wildman–Crippen MR) is 101 cm³/mol. The second-order valence-electron chi connectivity index (χ2n) is 5.70. The maximum absolute atomic E-state index is 13.0. The van der Waals surface area contributed by atoms with Crippen LogP contribution in [-0.2, 0) is 14.8 Å². The lowest BCUT2D eigenvalue weighted by molar-refractivity contribution is -0.274. The number of nitrogens with zero attached hydrogens (tertiary/aromatic N) is 1. The molecule has 0 aliphatic heterocycles. The maximum atomic E-state index is 13.0. The van der Waals surface area contributed by atoms with Crippen LogP contribution in [0.5, 0.6) is 5.75 Å². The summed E-state index contributed by atoms with van der Waals surface area (Å²) in [6.07, 6.45) is -4.81. The van der Waals surface area contributed by atoms with Gasteiger partial charge in [0.05, 0.1) is 17.6 Å². The number of hydrogen-bond acceptors (Lipinski definition) is 6. The molecule has 0 radical (unpaired) electrons. The molecule has 0 N–H and O–H groups in total. The molecule has 158 valence electrons. The molecule has 0 heterocycles. The first-order valence-electron chi connectivity index (χ1n) is 8.23. The van der Waals surface area contributed by atoms with Gasteiger partial charge in [-0.3, -0.25) is 0 Å². The van der Waals surface area contributed by atoms with Crippen molar-refractivity contribution in [2.24, 2.45) is 0 Å². The number of aryl methyl sites for hydroxylation is 1. The van der Waals surface area contributed by atoms with Crippen molar-refractivity contribution in [3.8, 4) is 5.75 Å². The van der Waals surface area contributed by atoms with Crippen LogP contribution in [0, 0.1) is 6.92 Å². The zero-order valence-electron chi connectivity index (χ0n) is 15.7. The van der Waals surface area contributed by atoms with Crippen molar-refractivity contribution in [1.29, 1.82) is 0 Å². The third-order valence-corrected chi connectivity index (χ3v) is 7.10. The van der Waals surface area contributed by atoms with Crippen LogP contribution < -0.4 is 4.74 Å². The van der Waals surface area contributed by atoms with Gasteiger partial charge < -0.3 is 9.47 Å². The third kappa shape index (κ3) is 5.87. The summed E-state index contributed by atoms with van der Waals surface area (Å²) in [4.78, 5) is 12.1. The number of carbonyl (C=O) groups excluding carboxylic acids is 1. The van der Waals surface area contributed by atoms with E-state index in [1.54, 1.807) is 13.8 Å². The van der Waals surface area contributed by atoms with Gasteiger partial charge in [0.1, 0.15) is 5.75 Å². The summed E-state index contributed by atoms with van der Waals surface area (Å²) in [6.45, 7) is 3.34. The number of hydrogen-bond donors (Lipinski definition) is 0. The molecule has 2 aromatic carbocycles. The largest absolute Gasteiger partial charge is 0.573 e. The summed E-state index contributed by atoms with van der Waals surface area (Å²) in [5, 5.41) is 0. The van der Waals surface area contributed by atoms with E-state index in [0.717, 1.165) is 27.8 Å². The molecule has 0 aliphatic rings. The molecule has 2 rings (SSSR count). The van der Waals surface area contributed by atoms with Gasteiger partial charge >= 0.3 is 12.3 Å². The minimum Gasteiger partial charge on any atom is -0.465 e. The molecule has 0 aromatic heterocycles. The molecule has 0 spiro atoms. The molecule has 0 bridgehead atoms. The number of rotatable bonds is 7. The van der Waals surface area contributed by atoms with E-state index in [0.29, 0.717) is 10.5 Å². The lowest BCUT2D eigenvalue weighted by Crippen LogP contribution is -2.24. The molecule has 0 amide bonds. The fourth-order valence-electron chi connectivity index (χ4n) is 2.31. The molecular formula is C18H18F3NO5S2. The molecule has 0 saturated carbocycles. The maximum Gasteiger partial charge on any atom is 0.573 e. The van der Waals surface area contributed by atoms with Gasteiger partial charge in [-0.1, -0.05) is 13.0 Å². The minimum atomic E-state index is -4.81. The monoisotopic (exact) mass is 449 g/mol. The fourth-order valence-corrected chi connectivity index (χ4v) is 4.93. The Labute approximate surface area is 170 Å². The van der Waals surface area contributed by atoms with Crippen molar-refractivity contribution >= 4 is 27.9 Å². The number of sulfonamides is 1. The Hall–Kier alpha value is -2.24. The van der Waals surface area contributed by atoms with Gasteiger partial charge in [0.25, 0.3) is 10.0 Å². The zero-order chi connectivity index (χ0) is 21.8. The highest BCUT2D eigenvalue weighted by atomic mass is 32.3. The van der Waals surface area contributed by atoms with Crippen LogP contribution in [0.1, 0.15) is 22.8 Å². The van der Waals surface area contributed by atoms with Gasteiger partial charge in [-0.2, -0.15) is 0 Å². The van der Waals surface area contributed by atoms with Crippen molar-refractivity contribution in [3.63, 3.8) is 0 Å². The van der Waals surface area contributed by atoms with E-state index in [-0.39, 0.29) is 17.0 Å². The Bertz CT molecular complexity index is 976. The first kappa shape index (κ1) is 23.0. The SMILES string of the molecule is CCN(Sc1ccc(OC(F)(F)F)cc1)S(=O)(=O)c1ccc(C)c(C(=O)OC)c1. The number of ether oxygens (including phenoxy) is 2. The van der Waals surface area contributed by atoms with E-state index >= 15 is 0 Å². The highest BCUT2D eigenvalue weighted by Crippen LogP contribution is 2.32. The second kappa shape index (κ2) is 9.06. The fraction of sp³-hybridized carbons (Fsp3) is 0.278. The summed E-state index contributed by atoms with van der Waals surface area (Å²) >= 11 is 0.834. The molecular weight excluding hydrogens is 431 g/mol. The van der Waals surface area contributed by atoms with Crippen LogP contribution in [0.4, 0.5) is 13.2 Å². The van der Waals surface area contributed by atoms with E-state index in [1.165, 1.54) is 37.4 Å². The van der Waals surface area contributed by atoms with Crippen LogP contribution in [0.2, 0.25) is 0 Å². The van der Waals surface area contributed by atoms with E-state index in [9.17, 15) is 26.4 Å². The molecule has 0 aliphatic carbocycles. The first-order valence-corrected chi connectivity index (χ1v) is 10.4. The number of carbonyl (C=O) groups is 1. The minimum absolute atomic E-state index is 0.0786. The van der Waals surface area contributed by atoms with Crippen molar-refractivity contribution in [2.45, 2.75) is 30.0 Å². The molecule has 0 saturated heterocycles. The highest BCUT2D eigenvalue weighted by molar-refractivity contribution is 8.08. The number of alkyl halides is 3. The van der Waals surface area contributed by atoms with E-state index < -0.39 is 28.1 Å². The molecule has 0 atom stereocenters. The Balaban J connectivity index is 2.28. The standard InChI is InChI=1S/C18H18F3NO5S2/c1-4-22(28-14-8-6-13(7-9-14)27-18(19,20)21)29(24,25)15-10-5-12(2)16(11-15)17(23)26-3/h5-11H,4H2,1-3H3. The number of esters is 1. The lowest BCUT2D eigenvalue weighted by atomic mass is 10.1. The lowest BCUT2D eigenvalue weighted by Gasteiger charge is -2.20. The van der Waals surface area contributed by atoms with E-state index in [1.807, 2.05) is 0 Å². The predicted octanol–water partition coefficient (Wildman–Crippen LogP) is 4.40. The summed E-state index contributed by atoms with van der Waals surface area (Å²) in [7, 11) is -2.79. The van der Waals surface area contributed by atoms with Gasteiger partial charge in [-0.05, 0) is 60.8 Å². The van der Waals surface area contributed by atoms with Crippen molar-refractivity contribution < 1.29 is 35.9 Å². The van der Waals surface area contributed by atoms with Crippen molar-refractivity contribution in [2.75, 3.05) is 13.7 Å². The molecule has 2 aromatic rings. The van der Waals surface area contributed by atoms with E-state index in [2.05, 4.69) is 9.47 Å². The summed E-state index contributed by atoms with van der Waals surface area (Å²) in [5.41, 5.74) is 0.690. The van der Waals surface area contributed by atoms with Crippen molar-refractivity contribution in [1.82, 2.24) is 3.71 Å². The van der Waals surface area contributed by atoms with Crippen LogP contribution in [0.15, 0.2) is 52.3 Å². The van der Waals surface area contributed by atoms with Crippen LogP contribution in [0.3, 0.4) is 0 Å². The van der Waals surface area contributed by atoms with Crippen LogP contribution in [0.25, 0.3) is 0 Å². The Morgan fingerprint density at radius 3 is 2.28 bits per heavy atom. The van der Waals surface area contributed by atoms with Crippen LogP contribution >= 0.6 is 11.9 Å². The average molecular weight is 449 g/mol. The topological polar surface area (TPSA) is 72.9 Å². The third-order valence-electron chi connectivity index (χ3n) is 3.70. The Morgan fingerprint density at radius 2 is 1.76 bits per heavy atom.